The van der Waals surface area contributed by atoms with Crippen LogP contribution in [0, 0.1) is 5.92 Å². The number of aromatic nitrogens is 3. The van der Waals surface area contributed by atoms with Gasteiger partial charge in [-0.25, -0.2) is 0 Å². The number of rotatable bonds is 5. The summed E-state index contributed by atoms with van der Waals surface area (Å²) >= 11 is 0. The van der Waals surface area contributed by atoms with Gasteiger partial charge in [0.1, 0.15) is 12.2 Å². The van der Waals surface area contributed by atoms with Crippen LogP contribution in [0.1, 0.15) is 17.8 Å². The van der Waals surface area contributed by atoms with Crippen molar-refractivity contribution in [1.29, 1.82) is 0 Å². The molecule has 0 bridgehead atoms. The molecule has 0 saturated heterocycles. The predicted octanol–water partition coefficient (Wildman–Crippen LogP) is 2.14. The summed E-state index contributed by atoms with van der Waals surface area (Å²) < 4.78 is 2.18. The summed E-state index contributed by atoms with van der Waals surface area (Å²) in [5.41, 5.74) is 1.25. The molecule has 1 aromatic heterocycles. The van der Waals surface area contributed by atoms with Crippen LogP contribution in [-0.2, 0) is 13.0 Å². The fourth-order valence-corrected chi connectivity index (χ4v) is 2.62. The standard InChI is InChI=1S/C16H20N4/c1-2-5-14(6-3-1)7-4-10-17-11-15-8-9-16-19-18-13-20(16)12-15/h1-7,13,15,17H,8-12H2/b7-4+. The summed E-state index contributed by atoms with van der Waals surface area (Å²) in [6.45, 7) is 3.01. The zero-order valence-electron chi connectivity index (χ0n) is 11.6. The second-order valence-corrected chi connectivity index (χ2v) is 5.28. The molecule has 1 atom stereocenters. The largest absolute Gasteiger partial charge is 0.317 e. The third-order valence-corrected chi connectivity index (χ3v) is 3.73. The first-order valence-corrected chi connectivity index (χ1v) is 7.21. The third kappa shape index (κ3) is 3.33. The van der Waals surface area contributed by atoms with Crippen LogP contribution < -0.4 is 5.32 Å². The second kappa shape index (κ2) is 6.48. The molecule has 1 aliphatic rings. The molecule has 0 radical (unpaired) electrons. The highest BCUT2D eigenvalue weighted by Gasteiger charge is 2.18. The van der Waals surface area contributed by atoms with Crippen LogP contribution in [0.2, 0.25) is 0 Å². The molecule has 4 nitrogen and oxygen atoms in total. The maximum absolute atomic E-state index is 4.12. The van der Waals surface area contributed by atoms with E-state index in [4.69, 9.17) is 0 Å². The molecule has 0 saturated carbocycles. The van der Waals surface area contributed by atoms with Crippen LogP contribution >= 0.6 is 0 Å². The number of nitrogens with one attached hydrogen (secondary N) is 1. The van der Waals surface area contributed by atoms with Gasteiger partial charge in [0.25, 0.3) is 0 Å². The van der Waals surface area contributed by atoms with Crippen LogP contribution in [-0.4, -0.2) is 27.9 Å². The highest BCUT2D eigenvalue weighted by atomic mass is 15.3. The van der Waals surface area contributed by atoms with Crippen molar-refractivity contribution in [2.75, 3.05) is 13.1 Å². The number of hydrogen-bond acceptors (Lipinski definition) is 3. The summed E-state index contributed by atoms with van der Waals surface area (Å²) in [6.07, 6.45) is 8.44. The van der Waals surface area contributed by atoms with Crippen LogP contribution in [0.25, 0.3) is 6.08 Å². The van der Waals surface area contributed by atoms with E-state index in [2.05, 4.69) is 56.5 Å². The maximum atomic E-state index is 4.12. The molecule has 1 aromatic carbocycles. The SMILES string of the molecule is C(=C\c1ccccc1)/CNCC1CCc2nncn2C1. The molecule has 3 rings (SSSR count). The smallest absolute Gasteiger partial charge is 0.132 e. The molecule has 1 aliphatic heterocycles. The molecule has 2 heterocycles. The Labute approximate surface area is 119 Å². The van der Waals surface area contributed by atoms with Crippen molar-refractivity contribution in [3.63, 3.8) is 0 Å². The van der Waals surface area contributed by atoms with Crippen LogP contribution in [0.5, 0.6) is 0 Å². The molecule has 2 aromatic rings. The number of nitrogens with zero attached hydrogens (tertiary/aromatic N) is 3. The van der Waals surface area contributed by atoms with Crippen LogP contribution in [0.15, 0.2) is 42.7 Å². The van der Waals surface area contributed by atoms with Gasteiger partial charge in [-0.15, -0.1) is 10.2 Å². The number of fused-ring (bicyclic) bond motifs is 1. The highest BCUT2D eigenvalue weighted by Crippen LogP contribution is 2.16. The molecule has 104 valence electrons. The molecule has 0 aliphatic carbocycles. The Hall–Kier alpha value is -1.94. The lowest BCUT2D eigenvalue weighted by atomic mass is 9.99. The van der Waals surface area contributed by atoms with Crippen molar-refractivity contribution in [2.24, 2.45) is 5.92 Å². The van der Waals surface area contributed by atoms with E-state index in [1.54, 1.807) is 0 Å². The van der Waals surface area contributed by atoms with E-state index in [1.165, 1.54) is 12.0 Å². The van der Waals surface area contributed by atoms with Crippen molar-refractivity contribution in [2.45, 2.75) is 19.4 Å². The third-order valence-electron chi connectivity index (χ3n) is 3.73. The Morgan fingerprint density at radius 2 is 2.20 bits per heavy atom. The second-order valence-electron chi connectivity index (χ2n) is 5.28. The van der Waals surface area contributed by atoms with Gasteiger partial charge in [0.15, 0.2) is 0 Å². The average molecular weight is 268 g/mol. The van der Waals surface area contributed by atoms with Crippen molar-refractivity contribution in [1.82, 2.24) is 20.1 Å². The van der Waals surface area contributed by atoms with Gasteiger partial charge in [-0.05, 0) is 24.4 Å². The van der Waals surface area contributed by atoms with Gasteiger partial charge in [-0.3, -0.25) is 0 Å². The lowest BCUT2D eigenvalue weighted by Crippen LogP contribution is -2.30. The Morgan fingerprint density at radius 3 is 3.10 bits per heavy atom. The van der Waals surface area contributed by atoms with Gasteiger partial charge >= 0.3 is 0 Å². The van der Waals surface area contributed by atoms with Crippen LogP contribution in [0.3, 0.4) is 0 Å². The van der Waals surface area contributed by atoms with Crippen molar-refractivity contribution in [3.05, 3.63) is 54.1 Å². The van der Waals surface area contributed by atoms with E-state index in [9.17, 15) is 0 Å². The highest BCUT2D eigenvalue weighted by molar-refractivity contribution is 5.48. The van der Waals surface area contributed by atoms with Gasteiger partial charge < -0.3 is 9.88 Å². The fourth-order valence-electron chi connectivity index (χ4n) is 2.62. The Kier molecular flexibility index (Phi) is 4.23. The molecule has 1 N–H and O–H groups in total. The maximum Gasteiger partial charge on any atom is 0.132 e. The van der Waals surface area contributed by atoms with Gasteiger partial charge in [0.05, 0.1) is 0 Å². The van der Waals surface area contributed by atoms with E-state index in [0.29, 0.717) is 5.92 Å². The first kappa shape index (κ1) is 13.1. The van der Waals surface area contributed by atoms with Gasteiger partial charge in [0, 0.05) is 19.5 Å². The summed E-state index contributed by atoms with van der Waals surface area (Å²) in [4.78, 5) is 0. The van der Waals surface area contributed by atoms with Crippen LogP contribution in [0.4, 0.5) is 0 Å². The number of benzene rings is 1. The molecule has 0 fully saturated rings. The number of hydrogen-bond donors (Lipinski definition) is 1. The van der Waals surface area contributed by atoms with Crippen molar-refractivity contribution in [3.8, 4) is 0 Å². The molecular formula is C16H20N4. The van der Waals surface area contributed by atoms with Crippen molar-refractivity contribution >= 4 is 6.08 Å². The van der Waals surface area contributed by atoms with E-state index >= 15 is 0 Å². The molecule has 0 spiro atoms. The summed E-state index contributed by atoms with van der Waals surface area (Å²) in [6, 6.07) is 10.4. The van der Waals surface area contributed by atoms with Gasteiger partial charge in [0.2, 0.25) is 0 Å². The first-order chi connectivity index (χ1) is 9.92. The van der Waals surface area contributed by atoms with E-state index in [0.717, 1.165) is 31.9 Å². The molecule has 4 heteroatoms. The zero-order valence-corrected chi connectivity index (χ0v) is 11.6. The molecule has 1 unspecified atom stereocenters. The van der Waals surface area contributed by atoms with E-state index in [1.807, 2.05) is 12.4 Å². The Morgan fingerprint density at radius 1 is 1.30 bits per heavy atom. The molecule has 20 heavy (non-hydrogen) atoms. The average Bonchev–Trinajstić information content (AvgIpc) is 2.95. The van der Waals surface area contributed by atoms with Crippen molar-refractivity contribution < 1.29 is 0 Å². The van der Waals surface area contributed by atoms with Gasteiger partial charge in [-0.1, -0.05) is 42.5 Å². The lowest BCUT2D eigenvalue weighted by Gasteiger charge is -2.22. The number of aryl methyl sites for hydroxylation is 1. The van der Waals surface area contributed by atoms with Gasteiger partial charge in [-0.2, -0.15) is 0 Å². The summed E-state index contributed by atoms with van der Waals surface area (Å²) in [7, 11) is 0. The van der Waals surface area contributed by atoms with E-state index in [-0.39, 0.29) is 0 Å². The topological polar surface area (TPSA) is 42.7 Å². The fraction of sp³-hybridized carbons (Fsp3) is 0.375. The normalized spacial score (nSPS) is 18.3. The Bertz CT molecular complexity index is 559. The quantitative estimate of drug-likeness (QED) is 0.845. The monoisotopic (exact) mass is 268 g/mol. The predicted molar refractivity (Wildman–Crippen MR) is 80.2 cm³/mol. The summed E-state index contributed by atoms with van der Waals surface area (Å²) in [5.74, 6) is 1.81. The minimum absolute atomic E-state index is 0.684. The lowest BCUT2D eigenvalue weighted by molar-refractivity contribution is 0.352. The first-order valence-electron chi connectivity index (χ1n) is 7.21. The summed E-state index contributed by atoms with van der Waals surface area (Å²) in [5, 5.41) is 11.6. The minimum atomic E-state index is 0.684. The Balaban J connectivity index is 1.40. The zero-order chi connectivity index (χ0) is 13.6. The molecular weight excluding hydrogens is 248 g/mol. The van der Waals surface area contributed by atoms with E-state index < -0.39 is 0 Å². The minimum Gasteiger partial charge on any atom is -0.317 e. The molecule has 0 amide bonds.